The number of amides is 1. The number of aliphatic hydroxyl groups is 1. The predicted octanol–water partition coefficient (Wildman–Crippen LogP) is 3.25. The first-order valence-corrected chi connectivity index (χ1v) is 10.5. The van der Waals surface area contributed by atoms with Gasteiger partial charge in [-0.05, 0) is 57.7 Å². The van der Waals surface area contributed by atoms with Crippen LogP contribution < -0.4 is 10.4 Å². The molecule has 1 aromatic heterocycles. The molecule has 0 unspecified atom stereocenters. The highest BCUT2D eigenvalue weighted by Gasteiger charge is 2.43. The third-order valence-electron chi connectivity index (χ3n) is 6.96. The van der Waals surface area contributed by atoms with Crippen LogP contribution in [0.1, 0.15) is 48.8 Å². The molecule has 1 N–H and O–H groups in total. The Balaban J connectivity index is 1.47. The van der Waals surface area contributed by atoms with Gasteiger partial charge in [0, 0.05) is 35.5 Å². The van der Waals surface area contributed by atoms with Gasteiger partial charge in [-0.2, -0.15) is 0 Å². The SMILES string of the molecule is Cc1c(C)c2ccc(OCC(=O)N3CC[C@@]4(O)CCCC[C@H]4C3)c(C)c2oc1=O. The molecule has 2 heterocycles. The molecule has 2 atom stereocenters. The maximum absolute atomic E-state index is 12.7. The number of rotatable bonds is 3. The average molecular weight is 399 g/mol. The first kappa shape index (κ1) is 20.0. The van der Waals surface area contributed by atoms with Gasteiger partial charge < -0.3 is 19.2 Å². The molecule has 1 saturated heterocycles. The molecule has 1 aromatic carbocycles. The summed E-state index contributed by atoms with van der Waals surface area (Å²) in [5.41, 5.74) is 1.78. The number of carbonyl (C=O) groups excluding carboxylic acids is 1. The van der Waals surface area contributed by atoms with E-state index in [-0.39, 0.29) is 24.1 Å². The lowest BCUT2D eigenvalue weighted by atomic mass is 9.71. The lowest BCUT2D eigenvalue weighted by Crippen LogP contribution is -2.55. The summed E-state index contributed by atoms with van der Waals surface area (Å²) in [5.74, 6) is 0.638. The van der Waals surface area contributed by atoms with Crippen LogP contribution in [0.5, 0.6) is 5.75 Å². The van der Waals surface area contributed by atoms with Crippen molar-refractivity contribution in [2.45, 2.75) is 58.5 Å². The van der Waals surface area contributed by atoms with Crippen LogP contribution >= 0.6 is 0 Å². The standard InChI is InChI=1S/C23H29NO5/c1-14-15(2)22(26)29-21-16(3)19(8-7-18(14)21)28-13-20(25)24-11-10-23(27)9-5-4-6-17(23)12-24/h7-8,17,27H,4-6,9-13H2,1-3H3/t17-,23-/m0/s1. The largest absolute Gasteiger partial charge is 0.483 e. The topological polar surface area (TPSA) is 80.0 Å². The Morgan fingerprint density at radius 3 is 2.79 bits per heavy atom. The van der Waals surface area contributed by atoms with Crippen molar-refractivity contribution in [1.29, 1.82) is 0 Å². The number of hydrogen-bond donors (Lipinski definition) is 1. The lowest BCUT2D eigenvalue weighted by molar-refractivity contribution is -0.145. The summed E-state index contributed by atoms with van der Waals surface area (Å²) in [5, 5.41) is 11.7. The van der Waals surface area contributed by atoms with Crippen LogP contribution in [0.15, 0.2) is 21.3 Å². The van der Waals surface area contributed by atoms with Crippen LogP contribution in [-0.4, -0.2) is 41.2 Å². The molecule has 1 amide bonds. The first-order valence-electron chi connectivity index (χ1n) is 10.5. The fourth-order valence-electron chi connectivity index (χ4n) is 4.81. The Morgan fingerprint density at radius 1 is 1.21 bits per heavy atom. The second-order valence-electron chi connectivity index (χ2n) is 8.63. The van der Waals surface area contributed by atoms with Crippen molar-refractivity contribution in [3.05, 3.63) is 39.2 Å². The lowest BCUT2D eigenvalue weighted by Gasteiger charge is -2.47. The summed E-state index contributed by atoms with van der Waals surface area (Å²) < 4.78 is 11.3. The van der Waals surface area contributed by atoms with Crippen molar-refractivity contribution >= 4 is 16.9 Å². The Kier molecular flexibility index (Phi) is 5.15. The van der Waals surface area contributed by atoms with E-state index in [1.54, 1.807) is 6.92 Å². The molecule has 6 nitrogen and oxygen atoms in total. The molecule has 1 aliphatic heterocycles. The monoisotopic (exact) mass is 399 g/mol. The van der Waals surface area contributed by atoms with Crippen LogP contribution in [0.4, 0.5) is 0 Å². The third kappa shape index (κ3) is 3.54. The molecule has 0 radical (unpaired) electrons. The minimum atomic E-state index is -0.599. The molecule has 0 bridgehead atoms. The van der Waals surface area contributed by atoms with Gasteiger partial charge in [-0.25, -0.2) is 4.79 Å². The third-order valence-corrected chi connectivity index (χ3v) is 6.96. The zero-order valence-corrected chi connectivity index (χ0v) is 17.4. The summed E-state index contributed by atoms with van der Waals surface area (Å²) in [6.45, 7) is 6.60. The first-order chi connectivity index (χ1) is 13.8. The number of piperidine rings is 1. The highest BCUT2D eigenvalue weighted by Crippen LogP contribution is 2.39. The van der Waals surface area contributed by atoms with Gasteiger partial charge in [0.1, 0.15) is 11.3 Å². The number of hydrogen-bond acceptors (Lipinski definition) is 5. The van der Waals surface area contributed by atoms with E-state index < -0.39 is 5.60 Å². The van der Waals surface area contributed by atoms with E-state index in [1.165, 1.54) is 0 Å². The summed E-state index contributed by atoms with van der Waals surface area (Å²) in [6, 6.07) is 3.70. The van der Waals surface area contributed by atoms with Crippen LogP contribution in [0.3, 0.4) is 0 Å². The zero-order valence-electron chi connectivity index (χ0n) is 17.4. The highest BCUT2D eigenvalue weighted by atomic mass is 16.5. The fraction of sp³-hybridized carbons (Fsp3) is 0.565. The van der Waals surface area contributed by atoms with Crippen LogP contribution in [0.2, 0.25) is 0 Å². The van der Waals surface area contributed by atoms with Crippen LogP contribution in [0.25, 0.3) is 11.0 Å². The number of benzene rings is 1. The molecule has 4 rings (SSSR count). The minimum absolute atomic E-state index is 0.0629. The molecular weight excluding hydrogens is 370 g/mol. The second kappa shape index (κ2) is 7.48. The summed E-state index contributed by atoms with van der Waals surface area (Å²) in [6.07, 6.45) is 4.65. The summed E-state index contributed by atoms with van der Waals surface area (Å²) in [7, 11) is 0. The molecule has 2 aromatic rings. The molecule has 156 valence electrons. The van der Waals surface area contributed by atoms with Crippen molar-refractivity contribution in [3.63, 3.8) is 0 Å². The second-order valence-corrected chi connectivity index (χ2v) is 8.63. The van der Waals surface area contributed by atoms with Crippen molar-refractivity contribution < 1.29 is 19.1 Å². The van der Waals surface area contributed by atoms with E-state index in [0.717, 1.165) is 42.2 Å². The van der Waals surface area contributed by atoms with Gasteiger partial charge in [-0.15, -0.1) is 0 Å². The molecule has 0 spiro atoms. The fourth-order valence-corrected chi connectivity index (χ4v) is 4.81. The number of fused-ring (bicyclic) bond motifs is 2. The average Bonchev–Trinajstić information content (AvgIpc) is 2.71. The maximum Gasteiger partial charge on any atom is 0.339 e. The predicted molar refractivity (Wildman–Crippen MR) is 110 cm³/mol. The number of carbonyl (C=O) groups is 1. The molecular formula is C23H29NO5. The van der Waals surface area contributed by atoms with E-state index in [4.69, 9.17) is 9.15 Å². The van der Waals surface area contributed by atoms with E-state index >= 15 is 0 Å². The summed E-state index contributed by atoms with van der Waals surface area (Å²) in [4.78, 5) is 26.6. The molecule has 2 aliphatic rings. The smallest absolute Gasteiger partial charge is 0.339 e. The van der Waals surface area contributed by atoms with Crippen molar-refractivity contribution in [2.75, 3.05) is 19.7 Å². The quantitative estimate of drug-likeness (QED) is 0.802. The number of nitrogens with zero attached hydrogens (tertiary/aromatic N) is 1. The molecule has 2 fully saturated rings. The van der Waals surface area contributed by atoms with Gasteiger partial charge in [-0.1, -0.05) is 12.8 Å². The Labute approximate surface area is 170 Å². The van der Waals surface area contributed by atoms with Crippen LogP contribution in [-0.2, 0) is 4.79 Å². The van der Waals surface area contributed by atoms with Gasteiger partial charge in [0.2, 0.25) is 0 Å². The van der Waals surface area contributed by atoms with Gasteiger partial charge in [-0.3, -0.25) is 4.79 Å². The highest BCUT2D eigenvalue weighted by molar-refractivity contribution is 5.85. The Hall–Kier alpha value is -2.34. The van der Waals surface area contributed by atoms with E-state index in [0.29, 0.717) is 36.4 Å². The van der Waals surface area contributed by atoms with Crippen molar-refractivity contribution in [3.8, 4) is 5.75 Å². The Bertz CT molecular complexity index is 1010. The van der Waals surface area contributed by atoms with Gasteiger partial charge in [0.15, 0.2) is 6.61 Å². The van der Waals surface area contributed by atoms with E-state index in [9.17, 15) is 14.7 Å². The number of aryl methyl sites for hydroxylation is 2. The minimum Gasteiger partial charge on any atom is -0.483 e. The van der Waals surface area contributed by atoms with Gasteiger partial charge in [0.25, 0.3) is 5.91 Å². The van der Waals surface area contributed by atoms with E-state index in [1.807, 2.05) is 30.9 Å². The normalized spacial score (nSPS) is 24.4. The number of ether oxygens (including phenoxy) is 1. The molecule has 1 aliphatic carbocycles. The van der Waals surface area contributed by atoms with Gasteiger partial charge >= 0.3 is 5.63 Å². The van der Waals surface area contributed by atoms with Crippen molar-refractivity contribution in [1.82, 2.24) is 4.90 Å². The van der Waals surface area contributed by atoms with Crippen LogP contribution in [0, 0.1) is 26.7 Å². The van der Waals surface area contributed by atoms with E-state index in [2.05, 4.69) is 0 Å². The van der Waals surface area contributed by atoms with Crippen molar-refractivity contribution in [2.24, 2.45) is 5.92 Å². The number of likely N-dealkylation sites (tertiary alicyclic amines) is 1. The van der Waals surface area contributed by atoms with Gasteiger partial charge in [0.05, 0.1) is 5.60 Å². The zero-order chi connectivity index (χ0) is 20.8. The molecule has 6 heteroatoms. The molecule has 1 saturated carbocycles. The Morgan fingerprint density at radius 2 is 2.00 bits per heavy atom. The maximum atomic E-state index is 12.7. The summed E-state index contributed by atoms with van der Waals surface area (Å²) >= 11 is 0. The molecule has 29 heavy (non-hydrogen) atoms.